The van der Waals surface area contributed by atoms with Gasteiger partial charge in [-0.05, 0) is 25.7 Å². The fraction of sp³-hybridized carbons (Fsp3) is 0.733. The van der Waals surface area contributed by atoms with Crippen LogP contribution in [-0.4, -0.2) is 48.0 Å². The topological polar surface area (TPSA) is 59.4 Å². The summed E-state index contributed by atoms with van der Waals surface area (Å²) in [6, 6.07) is 2.58. The lowest BCUT2D eigenvalue weighted by Gasteiger charge is -2.37. The van der Waals surface area contributed by atoms with Gasteiger partial charge in [-0.2, -0.15) is 5.10 Å². The minimum absolute atomic E-state index is 0.00485. The molecule has 3 heterocycles. The summed E-state index contributed by atoms with van der Waals surface area (Å²) in [7, 11) is 0. The number of aromatic nitrogens is 2. The molecule has 1 amide bonds. The Morgan fingerprint density at radius 1 is 1.43 bits per heavy atom. The van der Waals surface area contributed by atoms with Crippen molar-refractivity contribution in [1.82, 2.24) is 15.1 Å². The SMILES string of the molecule is C[C@@H]1COCCN1c1cc2n(n1)[C@H](C1CCC1)CNC2=O. The molecule has 1 saturated heterocycles. The molecule has 2 aliphatic heterocycles. The molecule has 2 fully saturated rings. The van der Waals surface area contributed by atoms with Crippen LogP contribution in [0.15, 0.2) is 6.07 Å². The molecule has 0 spiro atoms. The van der Waals surface area contributed by atoms with Crippen molar-refractivity contribution in [3.63, 3.8) is 0 Å². The summed E-state index contributed by atoms with van der Waals surface area (Å²) in [6.45, 7) is 5.15. The number of hydrogen-bond donors (Lipinski definition) is 1. The summed E-state index contributed by atoms with van der Waals surface area (Å²) in [5, 5.41) is 7.81. The normalized spacial score (nSPS) is 29.8. The van der Waals surface area contributed by atoms with Gasteiger partial charge in [0.15, 0.2) is 5.82 Å². The Labute approximate surface area is 124 Å². The first-order valence-electron chi connectivity index (χ1n) is 7.96. The van der Waals surface area contributed by atoms with Gasteiger partial charge in [0.05, 0.1) is 25.3 Å². The first-order chi connectivity index (χ1) is 10.2. The molecule has 3 aliphatic rings. The lowest BCUT2D eigenvalue weighted by atomic mass is 9.79. The second-order valence-electron chi connectivity index (χ2n) is 6.42. The van der Waals surface area contributed by atoms with Gasteiger partial charge in [-0.1, -0.05) is 6.42 Å². The molecule has 1 aromatic rings. The molecule has 0 aromatic carbocycles. The molecular weight excluding hydrogens is 268 g/mol. The third kappa shape index (κ3) is 2.12. The molecule has 0 unspecified atom stereocenters. The second-order valence-corrected chi connectivity index (χ2v) is 6.42. The van der Waals surface area contributed by atoms with Crippen molar-refractivity contribution in [2.75, 3.05) is 31.2 Å². The maximum Gasteiger partial charge on any atom is 0.269 e. The van der Waals surface area contributed by atoms with Crippen LogP contribution in [0.25, 0.3) is 0 Å². The number of nitrogens with zero attached hydrogens (tertiary/aromatic N) is 3. The Hall–Kier alpha value is -1.56. The first-order valence-corrected chi connectivity index (χ1v) is 7.96. The Morgan fingerprint density at radius 2 is 2.29 bits per heavy atom. The predicted octanol–water partition coefficient (Wildman–Crippen LogP) is 1.19. The average molecular weight is 290 g/mol. The van der Waals surface area contributed by atoms with Gasteiger partial charge in [-0.15, -0.1) is 0 Å². The zero-order valence-electron chi connectivity index (χ0n) is 12.4. The summed E-state index contributed by atoms with van der Waals surface area (Å²) in [5.41, 5.74) is 0.715. The molecule has 114 valence electrons. The number of amides is 1. The van der Waals surface area contributed by atoms with E-state index in [4.69, 9.17) is 9.84 Å². The van der Waals surface area contributed by atoms with Crippen molar-refractivity contribution in [1.29, 1.82) is 0 Å². The zero-order valence-corrected chi connectivity index (χ0v) is 12.4. The Balaban J connectivity index is 1.66. The smallest absolute Gasteiger partial charge is 0.269 e. The van der Waals surface area contributed by atoms with Crippen molar-refractivity contribution >= 4 is 11.7 Å². The van der Waals surface area contributed by atoms with E-state index in [1.165, 1.54) is 19.3 Å². The van der Waals surface area contributed by atoms with Crippen molar-refractivity contribution in [2.24, 2.45) is 5.92 Å². The van der Waals surface area contributed by atoms with Crippen LogP contribution in [0.5, 0.6) is 0 Å². The second kappa shape index (κ2) is 5.02. The molecule has 1 aliphatic carbocycles. The number of carbonyl (C=O) groups excluding carboxylic acids is 1. The number of fused-ring (bicyclic) bond motifs is 1. The largest absolute Gasteiger partial charge is 0.377 e. The standard InChI is InChI=1S/C15H22N4O2/c1-10-9-21-6-5-18(10)14-7-12-15(20)16-8-13(19(12)17-14)11-3-2-4-11/h7,10-11,13H,2-6,8-9H2,1H3,(H,16,20)/t10-,13+/m1/s1. The van der Waals surface area contributed by atoms with Crippen molar-refractivity contribution in [2.45, 2.75) is 38.3 Å². The highest BCUT2D eigenvalue weighted by Gasteiger charge is 2.36. The van der Waals surface area contributed by atoms with Gasteiger partial charge >= 0.3 is 0 Å². The predicted molar refractivity (Wildman–Crippen MR) is 78.6 cm³/mol. The number of morpholine rings is 1. The van der Waals surface area contributed by atoms with Crippen LogP contribution >= 0.6 is 0 Å². The summed E-state index contributed by atoms with van der Waals surface area (Å²) in [6.07, 6.45) is 3.81. The van der Waals surface area contributed by atoms with Gasteiger partial charge in [0.2, 0.25) is 0 Å². The van der Waals surface area contributed by atoms with E-state index in [2.05, 4.69) is 17.1 Å². The molecule has 6 nitrogen and oxygen atoms in total. The van der Waals surface area contributed by atoms with Gasteiger partial charge in [0.25, 0.3) is 5.91 Å². The van der Waals surface area contributed by atoms with Crippen LogP contribution in [-0.2, 0) is 4.74 Å². The van der Waals surface area contributed by atoms with Crippen LogP contribution < -0.4 is 10.2 Å². The molecule has 0 bridgehead atoms. The van der Waals surface area contributed by atoms with Crippen molar-refractivity contribution < 1.29 is 9.53 Å². The average Bonchev–Trinajstić information content (AvgIpc) is 2.86. The fourth-order valence-electron chi connectivity index (χ4n) is 3.58. The van der Waals surface area contributed by atoms with E-state index in [9.17, 15) is 4.79 Å². The molecule has 4 rings (SSSR count). The van der Waals surface area contributed by atoms with Crippen LogP contribution in [0.3, 0.4) is 0 Å². The molecule has 6 heteroatoms. The van der Waals surface area contributed by atoms with E-state index >= 15 is 0 Å². The highest BCUT2D eigenvalue weighted by molar-refractivity contribution is 5.94. The van der Waals surface area contributed by atoms with E-state index in [1.807, 2.05) is 10.7 Å². The molecule has 1 N–H and O–H groups in total. The van der Waals surface area contributed by atoms with E-state index in [0.29, 0.717) is 23.7 Å². The third-order valence-electron chi connectivity index (χ3n) is 5.10. The summed E-state index contributed by atoms with van der Waals surface area (Å²) in [4.78, 5) is 14.4. The minimum Gasteiger partial charge on any atom is -0.377 e. The van der Waals surface area contributed by atoms with Crippen molar-refractivity contribution in [3.8, 4) is 0 Å². The van der Waals surface area contributed by atoms with E-state index < -0.39 is 0 Å². The van der Waals surface area contributed by atoms with E-state index in [-0.39, 0.29) is 5.91 Å². The summed E-state index contributed by atoms with van der Waals surface area (Å²) < 4.78 is 7.47. The lowest BCUT2D eigenvalue weighted by molar-refractivity contribution is 0.0863. The van der Waals surface area contributed by atoms with E-state index in [0.717, 1.165) is 32.1 Å². The zero-order chi connectivity index (χ0) is 14.4. The Bertz CT molecular complexity index is 552. The number of ether oxygens (including phenoxy) is 1. The number of hydrogen-bond acceptors (Lipinski definition) is 4. The number of rotatable bonds is 2. The van der Waals surface area contributed by atoms with Gasteiger partial charge in [0.1, 0.15) is 5.69 Å². The highest BCUT2D eigenvalue weighted by Crippen LogP contribution is 2.38. The van der Waals surface area contributed by atoms with Gasteiger partial charge in [-0.25, -0.2) is 0 Å². The maximum atomic E-state index is 12.1. The van der Waals surface area contributed by atoms with E-state index in [1.54, 1.807) is 0 Å². The number of carbonyl (C=O) groups is 1. The quantitative estimate of drug-likeness (QED) is 0.889. The van der Waals surface area contributed by atoms with Crippen LogP contribution in [0.1, 0.15) is 42.7 Å². The monoisotopic (exact) mass is 290 g/mol. The van der Waals surface area contributed by atoms with Gasteiger partial charge in [-0.3, -0.25) is 9.48 Å². The Kier molecular flexibility index (Phi) is 3.14. The molecule has 0 radical (unpaired) electrons. The fourth-order valence-corrected chi connectivity index (χ4v) is 3.58. The lowest BCUT2D eigenvalue weighted by Crippen LogP contribution is -2.44. The van der Waals surface area contributed by atoms with Crippen LogP contribution in [0.4, 0.5) is 5.82 Å². The van der Waals surface area contributed by atoms with Crippen molar-refractivity contribution in [3.05, 3.63) is 11.8 Å². The van der Waals surface area contributed by atoms with Gasteiger partial charge < -0.3 is 15.0 Å². The van der Waals surface area contributed by atoms with Gasteiger partial charge in [0, 0.05) is 19.2 Å². The Morgan fingerprint density at radius 3 is 3.00 bits per heavy atom. The van der Waals surface area contributed by atoms with Crippen LogP contribution in [0.2, 0.25) is 0 Å². The number of anilines is 1. The maximum absolute atomic E-state index is 12.1. The highest BCUT2D eigenvalue weighted by atomic mass is 16.5. The molecule has 2 atom stereocenters. The molecule has 21 heavy (non-hydrogen) atoms. The first kappa shape index (κ1) is 13.1. The van der Waals surface area contributed by atoms with Crippen LogP contribution in [0, 0.1) is 5.92 Å². The number of nitrogens with one attached hydrogen (secondary N) is 1. The summed E-state index contributed by atoms with van der Waals surface area (Å²) in [5.74, 6) is 1.59. The molecule has 1 saturated carbocycles. The minimum atomic E-state index is 0.00485. The molecule has 1 aromatic heterocycles. The molecular formula is C15H22N4O2. The summed E-state index contributed by atoms with van der Waals surface area (Å²) >= 11 is 0. The third-order valence-corrected chi connectivity index (χ3v) is 5.10.